The second kappa shape index (κ2) is 5.76. The van der Waals surface area contributed by atoms with E-state index in [1.54, 1.807) is 24.3 Å². The SMILES string of the molecule is O=C(O)[C@@H](NC(=O)N(CC1CC1)C1CC1)c1ccccc1. The van der Waals surface area contributed by atoms with Crippen LogP contribution in [0, 0.1) is 5.92 Å². The Kier molecular flexibility index (Phi) is 3.82. The van der Waals surface area contributed by atoms with E-state index in [4.69, 9.17) is 0 Å². The number of hydrogen-bond donors (Lipinski definition) is 2. The smallest absolute Gasteiger partial charge is 0.330 e. The highest BCUT2D eigenvalue weighted by atomic mass is 16.4. The molecule has 2 N–H and O–H groups in total. The van der Waals surface area contributed by atoms with Crippen LogP contribution in [0.3, 0.4) is 0 Å². The van der Waals surface area contributed by atoms with Crippen LogP contribution in [-0.4, -0.2) is 34.6 Å². The first-order valence-corrected chi connectivity index (χ1v) is 7.50. The molecule has 0 radical (unpaired) electrons. The van der Waals surface area contributed by atoms with Crippen molar-refractivity contribution in [2.45, 2.75) is 37.8 Å². The summed E-state index contributed by atoms with van der Waals surface area (Å²) in [5.74, 6) is -0.423. The number of nitrogens with zero attached hydrogens (tertiary/aromatic N) is 1. The average Bonchev–Trinajstić information content (AvgIpc) is 3.36. The molecule has 2 aliphatic carbocycles. The largest absolute Gasteiger partial charge is 0.479 e. The van der Waals surface area contributed by atoms with E-state index >= 15 is 0 Å². The molecule has 2 aliphatic rings. The molecule has 1 atom stereocenters. The van der Waals surface area contributed by atoms with Crippen LogP contribution in [0.15, 0.2) is 30.3 Å². The average molecular weight is 288 g/mol. The van der Waals surface area contributed by atoms with E-state index in [1.807, 2.05) is 11.0 Å². The number of nitrogens with one attached hydrogen (secondary N) is 1. The van der Waals surface area contributed by atoms with Crippen LogP contribution in [0.2, 0.25) is 0 Å². The minimum absolute atomic E-state index is 0.249. The molecule has 112 valence electrons. The number of hydrogen-bond acceptors (Lipinski definition) is 2. The summed E-state index contributed by atoms with van der Waals surface area (Å²) in [6.07, 6.45) is 4.42. The van der Waals surface area contributed by atoms with Crippen molar-refractivity contribution in [2.75, 3.05) is 6.54 Å². The molecular weight excluding hydrogens is 268 g/mol. The standard InChI is InChI=1S/C16H20N2O3/c19-15(20)14(12-4-2-1-3-5-12)17-16(21)18(13-8-9-13)10-11-6-7-11/h1-5,11,13-14H,6-10H2,(H,17,21)(H,19,20)/t14-/m0/s1. The van der Waals surface area contributed by atoms with Crippen LogP contribution < -0.4 is 5.32 Å². The number of rotatable bonds is 6. The van der Waals surface area contributed by atoms with Gasteiger partial charge in [0.2, 0.25) is 0 Å². The number of carbonyl (C=O) groups is 2. The number of amides is 2. The van der Waals surface area contributed by atoms with Crippen molar-refractivity contribution in [3.05, 3.63) is 35.9 Å². The van der Waals surface area contributed by atoms with Crippen molar-refractivity contribution in [3.8, 4) is 0 Å². The summed E-state index contributed by atoms with van der Waals surface area (Å²) < 4.78 is 0. The molecule has 2 amide bonds. The summed E-state index contributed by atoms with van der Waals surface area (Å²) in [4.78, 5) is 25.7. The molecule has 0 spiro atoms. The van der Waals surface area contributed by atoms with E-state index < -0.39 is 12.0 Å². The van der Waals surface area contributed by atoms with Gasteiger partial charge < -0.3 is 15.3 Å². The summed E-state index contributed by atoms with van der Waals surface area (Å²) in [6.45, 7) is 0.762. The van der Waals surface area contributed by atoms with E-state index in [1.165, 1.54) is 12.8 Å². The second-order valence-electron chi connectivity index (χ2n) is 5.96. The van der Waals surface area contributed by atoms with Gasteiger partial charge in [0.05, 0.1) is 0 Å². The molecule has 0 aromatic heterocycles. The van der Waals surface area contributed by atoms with Crippen molar-refractivity contribution < 1.29 is 14.7 Å². The Labute approximate surface area is 123 Å². The lowest BCUT2D eigenvalue weighted by molar-refractivity contribution is -0.139. The van der Waals surface area contributed by atoms with Crippen LogP contribution in [-0.2, 0) is 4.79 Å². The predicted molar refractivity (Wildman–Crippen MR) is 77.8 cm³/mol. The van der Waals surface area contributed by atoms with Gasteiger partial charge in [0.15, 0.2) is 6.04 Å². The maximum absolute atomic E-state index is 12.4. The molecular formula is C16H20N2O3. The van der Waals surface area contributed by atoms with Crippen molar-refractivity contribution in [2.24, 2.45) is 5.92 Å². The predicted octanol–water partition coefficient (Wildman–Crippen LogP) is 2.40. The quantitative estimate of drug-likeness (QED) is 0.844. The van der Waals surface area contributed by atoms with Crippen molar-refractivity contribution in [1.29, 1.82) is 0 Å². The Morgan fingerprint density at radius 1 is 1.19 bits per heavy atom. The van der Waals surface area contributed by atoms with E-state index in [9.17, 15) is 14.7 Å². The third-order valence-corrected chi connectivity index (χ3v) is 4.05. The van der Waals surface area contributed by atoms with Crippen LogP contribution >= 0.6 is 0 Å². The molecule has 5 nitrogen and oxygen atoms in total. The molecule has 5 heteroatoms. The Bertz CT molecular complexity index is 524. The number of benzene rings is 1. The molecule has 2 saturated carbocycles. The number of aliphatic carboxylic acids is 1. The lowest BCUT2D eigenvalue weighted by Gasteiger charge is -2.25. The molecule has 0 bridgehead atoms. The Morgan fingerprint density at radius 3 is 2.38 bits per heavy atom. The molecule has 2 fully saturated rings. The fourth-order valence-electron chi connectivity index (χ4n) is 2.50. The molecule has 0 aliphatic heterocycles. The van der Waals surface area contributed by atoms with Gasteiger partial charge in [-0.15, -0.1) is 0 Å². The van der Waals surface area contributed by atoms with Crippen molar-refractivity contribution >= 4 is 12.0 Å². The number of carboxylic acid groups (broad SMARTS) is 1. The van der Waals surface area contributed by atoms with Gasteiger partial charge in [-0.1, -0.05) is 30.3 Å². The monoisotopic (exact) mass is 288 g/mol. The highest BCUT2D eigenvalue weighted by Gasteiger charge is 2.37. The van der Waals surface area contributed by atoms with Gasteiger partial charge in [-0.25, -0.2) is 9.59 Å². The number of urea groups is 1. The van der Waals surface area contributed by atoms with Gasteiger partial charge in [0.25, 0.3) is 0 Å². The summed E-state index contributed by atoms with van der Waals surface area (Å²) in [7, 11) is 0. The first-order chi connectivity index (χ1) is 10.1. The van der Waals surface area contributed by atoms with Crippen LogP contribution in [0.5, 0.6) is 0 Å². The van der Waals surface area contributed by atoms with Gasteiger partial charge in [0.1, 0.15) is 0 Å². The third-order valence-electron chi connectivity index (χ3n) is 4.05. The highest BCUT2D eigenvalue weighted by Crippen LogP contribution is 2.35. The lowest BCUT2D eigenvalue weighted by atomic mass is 10.1. The zero-order chi connectivity index (χ0) is 14.8. The summed E-state index contributed by atoms with van der Waals surface area (Å²) in [5, 5.41) is 12.0. The molecule has 0 saturated heterocycles. The Hall–Kier alpha value is -2.04. The molecule has 1 aromatic rings. The topological polar surface area (TPSA) is 69.6 Å². The normalized spacial score (nSPS) is 18.9. The van der Waals surface area contributed by atoms with Gasteiger partial charge in [-0.3, -0.25) is 0 Å². The maximum Gasteiger partial charge on any atom is 0.330 e. The highest BCUT2D eigenvalue weighted by molar-refractivity contribution is 5.84. The van der Waals surface area contributed by atoms with Gasteiger partial charge in [-0.2, -0.15) is 0 Å². The van der Waals surface area contributed by atoms with Crippen LogP contribution in [0.25, 0.3) is 0 Å². The number of carboxylic acids is 1. The number of carbonyl (C=O) groups excluding carboxylic acids is 1. The van der Waals surface area contributed by atoms with E-state index in [0.29, 0.717) is 17.5 Å². The summed E-state index contributed by atoms with van der Waals surface area (Å²) >= 11 is 0. The molecule has 21 heavy (non-hydrogen) atoms. The van der Waals surface area contributed by atoms with Gasteiger partial charge >= 0.3 is 12.0 Å². The summed E-state index contributed by atoms with van der Waals surface area (Å²) in [5.41, 5.74) is 0.598. The molecule has 0 heterocycles. The van der Waals surface area contributed by atoms with Gasteiger partial charge in [0, 0.05) is 12.6 Å². The minimum Gasteiger partial charge on any atom is -0.479 e. The summed E-state index contributed by atoms with van der Waals surface area (Å²) in [6, 6.07) is 7.90. The fourth-order valence-corrected chi connectivity index (χ4v) is 2.50. The second-order valence-corrected chi connectivity index (χ2v) is 5.96. The van der Waals surface area contributed by atoms with Crippen molar-refractivity contribution in [3.63, 3.8) is 0 Å². The first-order valence-electron chi connectivity index (χ1n) is 7.50. The fraction of sp³-hybridized carbons (Fsp3) is 0.500. The zero-order valence-corrected chi connectivity index (χ0v) is 11.9. The zero-order valence-electron chi connectivity index (χ0n) is 11.9. The molecule has 1 aromatic carbocycles. The van der Waals surface area contributed by atoms with Gasteiger partial charge in [-0.05, 0) is 37.2 Å². The van der Waals surface area contributed by atoms with Crippen LogP contribution in [0.1, 0.15) is 37.3 Å². The van der Waals surface area contributed by atoms with E-state index in [-0.39, 0.29) is 6.03 Å². The third kappa shape index (κ3) is 3.54. The Balaban J connectivity index is 1.69. The Morgan fingerprint density at radius 2 is 1.86 bits per heavy atom. The van der Waals surface area contributed by atoms with E-state index in [2.05, 4.69) is 5.32 Å². The maximum atomic E-state index is 12.4. The molecule has 0 unspecified atom stereocenters. The van der Waals surface area contributed by atoms with Crippen molar-refractivity contribution in [1.82, 2.24) is 10.2 Å². The lowest BCUT2D eigenvalue weighted by Crippen LogP contribution is -2.45. The minimum atomic E-state index is -1.03. The van der Waals surface area contributed by atoms with Crippen LogP contribution in [0.4, 0.5) is 4.79 Å². The van der Waals surface area contributed by atoms with E-state index in [0.717, 1.165) is 19.4 Å². The molecule has 3 rings (SSSR count). The first kappa shape index (κ1) is 13.9.